The van der Waals surface area contributed by atoms with E-state index >= 15 is 0 Å². The number of amides is 1. The maximum atomic E-state index is 12.2. The van der Waals surface area contributed by atoms with Crippen molar-refractivity contribution in [2.45, 2.75) is 13.5 Å². The highest BCUT2D eigenvalue weighted by molar-refractivity contribution is 9.10. The second-order valence-electron chi connectivity index (χ2n) is 6.24. The lowest BCUT2D eigenvalue weighted by Crippen LogP contribution is -2.19. The van der Waals surface area contributed by atoms with E-state index in [4.69, 9.17) is 16.3 Å². The summed E-state index contributed by atoms with van der Waals surface area (Å²) in [7, 11) is 0. The SMILES string of the molecule is C/C(=N\NC(=O)c1cc(Br)ccc1O)c1ccc(OCc2ccc(Cl)cc2)cc1. The van der Waals surface area contributed by atoms with E-state index in [1.807, 2.05) is 48.5 Å². The Bertz CT molecular complexity index is 1030. The van der Waals surface area contributed by atoms with Gasteiger partial charge in [-0.15, -0.1) is 0 Å². The molecule has 0 unspecified atom stereocenters. The summed E-state index contributed by atoms with van der Waals surface area (Å²) < 4.78 is 6.45. The molecule has 0 radical (unpaired) electrons. The summed E-state index contributed by atoms with van der Waals surface area (Å²) in [5, 5.41) is 14.6. The molecule has 3 aromatic carbocycles. The van der Waals surface area contributed by atoms with Gasteiger partial charge in [0.1, 0.15) is 18.1 Å². The first kappa shape index (κ1) is 20.9. The Hall–Kier alpha value is -2.83. The van der Waals surface area contributed by atoms with Gasteiger partial charge < -0.3 is 9.84 Å². The predicted octanol–water partition coefficient (Wildman–Crippen LogP) is 5.54. The fourth-order valence-electron chi connectivity index (χ4n) is 2.49. The number of ether oxygens (including phenoxy) is 1. The van der Waals surface area contributed by atoms with Crippen molar-refractivity contribution in [3.63, 3.8) is 0 Å². The highest BCUT2D eigenvalue weighted by atomic mass is 79.9. The Morgan fingerprint density at radius 1 is 1.10 bits per heavy atom. The summed E-state index contributed by atoms with van der Waals surface area (Å²) in [6, 6.07) is 19.5. The summed E-state index contributed by atoms with van der Waals surface area (Å²) in [5.41, 5.74) is 5.08. The Morgan fingerprint density at radius 2 is 1.79 bits per heavy atom. The number of hydrogen-bond donors (Lipinski definition) is 2. The maximum absolute atomic E-state index is 12.2. The van der Waals surface area contributed by atoms with E-state index in [-0.39, 0.29) is 11.3 Å². The molecule has 5 nitrogen and oxygen atoms in total. The summed E-state index contributed by atoms with van der Waals surface area (Å²) in [4.78, 5) is 12.2. The number of benzene rings is 3. The zero-order valence-electron chi connectivity index (χ0n) is 15.5. The summed E-state index contributed by atoms with van der Waals surface area (Å²) in [6.45, 7) is 2.22. The number of nitrogens with zero attached hydrogens (tertiary/aromatic N) is 1. The van der Waals surface area contributed by atoms with E-state index in [2.05, 4.69) is 26.5 Å². The molecule has 7 heteroatoms. The average Bonchev–Trinajstić information content (AvgIpc) is 2.73. The van der Waals surface area contributed by atoms with Crippen molar-refractivity contribution in [3.05, 3.63) is 92.9 Å². The molecule has 0 heterocycles. The minimum Gasteiger partial charge on any atom is -0.507 e. The van der Waals surface area contributed by atoms with Gasteiger partial charge in [-0.3, -0.25) is 4.79 Å². The summed E-state index contributed by atoms with van der Waals surface area (Å²) in [6.07, 6.45) is 0. The minimum absolute atomic E-state index is 0.110. The van der Waals surface area contributed by atoms with Crippen molar-refractivity contribution in [2.75, 3.05) is 0 Å². The van der Waals surface area contributed by atoms with Crippen LogP contribution in [0.1, 0.15) is 28.4 Å². The van der Waals surface area contributed by atoms with Gasteiger partial charge in [0.25, 0.3) is 5.91 Å². The van der Waals surface area contributed by atoms with Crippen LogP contribution in [-0.4, -0.2) is 16.7 Å². The number of halogens is 2. The van der Waals surface area contributed by atoms with Crippen LogP contribution in [0.5, 0.6) is 11.5 Å². The molecule has 2 N–H and O–H groups in total. The fourth-order valence-corrected chi connectivity index (χ4v) is 2.98. The molecule has 0 aliphatic carbocycles. The molecule has 0 saturated carbocycles. The molecule has 0 aromatic heterocycles. The van der Waals surface area contributed by atoms with Gasteiger partial charge in [0.05, 0.1) is 11.3 Å². The highest BCUT2D eigenvalue weighted by Crippen LogP contribution is 2.21. The van der Waals surface area contributed by atoms with Crippen LogP contribution in [0, 0.1) is 0 Å². The number of rotatable bonds is 6. The molecule has 0 aliphatic heterocycles. The molecule has 0 saturated heterocycles. The molecule has 148 valence electrons. The zero-order chi connectivity index (χ0) is 20.8. The lowest BCUT2D eigenvalue weighted by Gasteiger charge is -2.08. The third-order valence-electron chi connectivity index (χ3n) is 4.12. The van der Waals surface area contributed by atoms with Crippen LogP contribution in [0.2, 0.25) is 5.02 Å². The first-order valence-electron chi connectivity index (χ1n) is 8.73. The molecule has 3 rings (SSSR count). The van der Waals surface area contributed by atoms with E-state index in [1.165, 1.54) is 12.1 Å². The van der Waals surface area contributed by atoms with Crippen LogP contribution in [0.4, 0.5) is 0 Å². The minimum atomic E-state index is -0.494. The van der Waals surface area contributed by atoms with Gasteiger partial charge in [-0.2, -0.15) is 5.10 Å². The van der Waals surface area contributed by atoms with Crippen molar-refractivity contribution < 1.29 is 14.6 Å². The third-order valence-corrected chi connectivity index (χ3v) is 4.86. The highest BCUT2D eigenvalue weighted by Gasteiger charge is 2.11. The third kappa shape index (κ3) is 5.82. The molecule has 0 bridgehead atoms. The number of phenols is 1. The quantitative estimate of drug-likeness (QED) is 0.365. The summed E-state index contributed by atoms with van der Waals surface area (Å²) >= 11 is 9.15. The van der Waals surface area contributed by atoms with Crippen LogP contribution in [0.15, 0.2) is 76.3 Å². The normalized spacial score (nSPS) is 11.2. The lowest BCUT2D eigenvalue weighted by molar-refractivity contribution is 0.0952. The Kier molecular flexibility index (Phi) is 6.90. The van der Waals surface area contributed by atoms with Crippen molar-refractivity contribution in [1.82, 2.24) is 5.43 Å². The molecule has 0 atom stereocenters. The van der Waals surface area contributed by atoms with Crippen molar-refractivity contribution in [3.8, 4) is 11.5 Å². The van der Waals surface area contributed by atoms with Gasteiger partial charge in [0, 0.05) is 9.50 Å². The van der Waals surface area contributed by atoms with Crippen molar-refractivity contribution in [1.29, 1.82) is 0 Å². The Balaban J connectivity index is 1.60. The van der Waals surface area contributed by atoms with Crippen molar-refractivity contribution in [2.24, 2.45) is 5.10 Å². The topological polar surface area (TPSA) is 70.9 Å². The number of carbonyl (C=O) groups is 1. The van der Waals surface area contributed by atoms with Gasteiger partial charge in [0.2, 0.25) is 0 Å². The molecular weight excluding hydrogens is 456 g/mol. The first-order chi connectivity index (χ1) is 13.9. The number of nitrogens with one attached hydrogen (secondary N) is 1. The van der Waals surface area contributed by atoms with Gasteiger partial charge in [-0.25, -0.2) is 5.43 Å². The number of aromatic hydroxyl groups is 1. The van der Waals surface area contributed by atoms with Crippen LogP contribution in [0.25, 0.3) is 0 Å². The number of carbonyl (C=O) groups excluding carboxylic acids is 1. The van der Waals surface area contributed by atoms with E-state index < -0.39 is 5.91 Å². The van der Waals surface area contributed by atoms with Gasteiger partial charge in [-0.05, 0) is 72.6 Å². The van der Waals surface area contributed by atoms with Gasteiger partial charge >= 0.3 is 0 Å². The molecular formula is C22H18BrClN2O3. The first-order valence-corrected chi connectivity index (χ1v) is 9.90. The van der Waals surface area contributed by atoms with Crippen LogP contribution < -0.4 is 10.2 Å². The summed E-state index contributed by atoms with van der Waals surface area (Å²) in [5.74, 6) is 0.117. The molecule has 0 aliphatic rings. The molecule has 1 amide bonds. The van der Waals surface area contributed by atoms with E-state index in [0.717, 1.165) is 16.9 Å². The van der Waals surface area contributed by atoms with Crippen LogP contribution in [-0.2, 0) is 6.61 Å². The Morgan fingerprint density at radius 3 is 2.48 bits per heavy atom. The van der Waals surface area contributed by atoms with Crippen LogP contribution >= 0.6 is 27.5 Å². The Labute approximate surface area is 182 Å². The van der Waals surface area contributed by atoms with Gasteiger partial charge in [-0.1, -0.05) is 39.7 Å². The molecule has 29 heavy (non-hydrogen) atoms. The standard InChI is InChI=1S/C22H18BrClN2O3/c1-14(25-26-22(28)20-12-17(23)6-11-21(20)27)16-4-9-19(10-5-16)29-13-15-2-7-18(24)8-3-15/h2-12,27H,13H2,1H3,(H,26,28)/b25-14+. The average molecular weight is 474 g/mol. The number of phenolic OH excluding ortho intramolecular Hbond substituents is 1. The molecule has 0 spiro atoms. The second kappa shape index (κ2) is 9.58. The smallest absolute Gasteiger partial charge is 0.275 e. The van der Waals surface area contributed by atoms with Crippen molar-refractivity contribution >= 4 is 39.1 Å². The van der Waals surface area contributed by atoms with E-state index in [9.17, 15) is 9.90 Å². The monoisotopic (exact) mass is 472 g/mol. The zero-order valence-corrected chi connectivity index (χ0v) is 17.9. The van der Waals surface area contributed by atoms with E-state index in [1.54, 1.807) is 13.0 Å². The fraction of sp³-hybridized carbons (Fsp3) is 0.0909. The van der Waals surface area contributed by atoms with Gasteiger partial charge in [0.15, 0.2) is 0 Å². The predicted molar refractivity (Wildman–Crippen MR) is 118 cm³/mol. The number of hydrogen-bond acceptors (Lipinski definition) is 4. The number of hydrazone groups is 1. The largest absolute Gasteiger partial charge is 0.507 e. The lowest BCUT2D eigenvalue weighted by atomic mass is 10.1. The second-order valence-corrected chi connectivity index (χ2v) is 7.59. The molecule has 3 aromatic rings. The maximum Gasteiger partial charge on any atom is 0.275 e. The molecule has 0 fully saturated rings. The van der Waals surface area contributed by atoms with E-state index in [0.29, 0.717) is 21.8 Å². The van der Waals surface area contributed by atoms with Crippen LogP contribution in [0.3, 0.4) is 0 Å².